The summed E-state index contributed by atoms with van der Waals surface area (Å²) in [6.45, 7) is 2.02. The summed E-state index contributed by atoms with van der Waals surface area (Å²) in [4.78, 5) is 0. The molecule has 2 aromatic rings. The molecule has 0 unspecified atom stereocenters. The maximum absolute atomic E-state index is 6.03. The molecule has 2 aromatic carbocycles. The third-order valence-corrected chi connectivity index (χ3v) is 3.54. The SMILES string of the molecule is Cc1cc(Cl)cc(Nc2ccccc2)c1Br. The lowest BCUT2D eigenvalue weighted by molar-refractivity contribution is 1.41. The molecule has 0 heterocycles. The lowest BCUT2D eigenvalue weighted by Gasteiger charge is -2.11. The Labute approximate surface area is 109 Å². The van der Waals surface area contributed by atoms with E-state index in [9.17, 15) is 0 Å². The maximum atomic E-state index is 6.03. The van der Waals surface area contributed by atoms with E-state index < -0.39 is 0 Å². The van der Waals surface area contributed by atoms with Crippen molar-refractivity contribution in [2.24, 2.45) is 0 Å². The van der Waals surface area contributed by atoms with Crippen LogP contribution in [0.5, 0.6) is 0 Å². The van der Waals surface area contributed by atoms with Crippen molar-refractivity contribution >= 4 is 38.9 Å². The standard InChI is InChI=1S/C13H11BrClN/c1-9-7-10(15)8-12(13(9)14)16-11-5-3-2-4-6-11/h2-8,16H,1H3. The van der Waals surface area contributed by atoms with Crippen molar-refractivity contribution in [3.05, 3.63) is 57.5 Å². The minimum Gasteiger partial charge on any atom is -0.355 e. The molecule has 0 aliphatic heterocycles. The lowest BCUT2D eigenvalue weighted by Crippen LogP contribution is -1.92. The van der Waals surface area contributed by atoms with E-state index in [1.165, 1.54) is 0 Å². The van der Waals surface area contributed by atoms with E-state index in [2.05, 4.69) is 21.2 Å². The maximum Gasteiger partial charge on any atom is 0.0546 e. The second-order valence-electron chi connectivity index (χ2n) is 3.58. The van der Waals surface area contributed by atoms with E-state index >= 15 is 0 Å². The Morgan fingerprint density at radius 3 is 2.50 bits per heavy atom. The third kappa shape index (κ3) is 2.57. The number of halogens is 2. The molecule has 1 N–H and O–H groups in total. The number of anilines is 2. The molecule has 0 radical (unpaired) electrons. The summed E-state index contributed by atoms with van der Waals surface area (Å²) >= 11 is 9.58. The monoisotopic (exact) mass is 295 g/mol. The highest BCUT2D eigenvalue weighted by Gasteiger charge is 2.04. The molecule has 0 aliphatic carbocycles. The Balaban J connectivity index is 2.35. The molecule has 2 rings (SSSR count). The van der Waals surface area contributed by atoms with Gasteiger partial charge in [0.1, 0.15) is 0 Å². The smallest absolute Gasteiger partial charge is 0.0546 e. The average Bonchev–Trinajstić information content (AvgIpc) is 2.27. The van der Waals surface area contributed by atoms with Crippen molar-refractivity contribution in [3.63, 3.8) is 0 Å². The van der Waals surface area contributed by atoms with Crippen molar-refractivity contribution < 1.29 is 0 Å². The van der Waals surface area contributed by atoms with Crippen LogP contribution in [0.3, 0.4) is 0 Å². The molecule has 0 amide bonds. The second kappa shape index (κ2) is 4.89. The molecule has 0 saturated carbocycles. The Morgan fingerprint density at radius 1 is 1.12 bits per heavy atom. The summed E-state index contributed by atoms with van der Waals surface area (Å²) in [6.07, 6.45) is 0. The first-order valence-corrected chi connectivity index (χ1v) is 6.11. The van der Waals surface area contributed by atoms with E-state index in [0.29, 0.717) is 0 Å². The molecule has 0 atom stereocenters. The van der Waals surface area contributed by atoms with Crippen molar-refractivity contribution in [2.75, 3.05) is 5.32 Å². The first-order valence-electron chi connectivity index (χ1n) is 4.94. The summed E-state index contributed by atoms with van der Waals surface area (Å²) in [7, 11) is 0. The van der Waals surface area contributed by atoms with Crippen molar-refractivity contribution in [3.8, 4) is 0 Å². The van der Waals surface area contributed by atoms with Crippen LogP contribution in [0.2, 0.25) is 5.02 Å². The Morgan fingerprint density at radius 2 is 1.81 bits per heavy atom. The van der Waals surface area contributed by atoms with Crippen LogP contribution in [-0.4, -0.2) is 0 Å². The zero-order chi connectivity index (χ0) is 11.5. The molecular formula is C13H11BrClN. The van der Waals surface area contributed by atoms with Crippen LogP contribution >= 0.6 is 27.5 Å². The third-order valence-electron chi connectivity index (χ3n) is 2.27. The van der Waals surface area contributed by atoms with Gasteiger partial charge in [0.05, 0.1) is 5.69 Å². The fourth-order valence-electron chi connectivity index (χ4n) is 1.49. The van der Waals surface area contributed by atoms with E-state index in [-0.39, 0.29) is 0 Å². The van der Waals surface area contributed by atoms with Gasteiger partial charge in [0.15, 0.2) is 0 Å². The summed E-state index contributed by atoms with van der Waals surface area (Å²) < 4.78 is 1.04. The van der Waals surface area contributed by atoms with Crippen LogP contribution < -0.4 is 5.32 Å². The quantitative estimate of drug-likeness (QED) is 0.807. The van der Waals surface area contributed by atoms with Crippen LogP contribution in [0, 0.1) is 6.92 Å². The normalized spacial score (nSPS) is 10.2. The first kappa shape index (κ1) is 11.5. The van der Waals surface area contributed by atoms with Crippen LogP contribution in [0.4, 0.5) is 11.4 Å². The van der Waals surface area contributed by atoms with Crippen LogP contribution in [0.15, 0.2) is 46.9 Å². The summed E-state index contributed by atoms with van der Waals surface area (Å²) in [6, 6.07) is 13.9. The number of nitrogens with one attached hydrogen (secondary N) is 1. The average molecular weight is 297 g/mol. The van der Waals surface area contributed by atoms with Gasteiger partial charge in [0, 0.05) is 15.2 Å². The molecule has 16 heavy (non-hydrogen) atoms. The van der Waals surface area contributed by atoms with Gasteiger partial charge < -0.3 is 5.32 Å². The van der Waals surface area contributed by atoms with Gasteiger partial charge in [-0.1, -0.05) is 29.8 Å². The lowest BCUT2D eigenvalue weighted by atomic mass is 10.2. The highest BCUT2D eigenvalue weighted by Crippen LogP contribution is 2.31. The van der Waals surface area contributed by atoms with E-state index in [1.54, 1.807) is 0 Å². The van der Waals surface area contributed by atoms with Gasteiger partial charge in [0.25, 0.3) is 0 Å². The fourth-order valence-corrected chi connectivity index (χ4v) is 2.09. The Bertz CT molecular complexity index is 497. The van der Waals surface area contributed by atoms with Crippen LogP contribution in [-0.2, 0) is 0 Å². The number of hydrogen-bond donors (Lipinski definition) is 1. The van der Waals surface area contributed by atoms with Crippen molar-refractivity contribution in [1.82, 2.24) is 0 Å². The second-order valence-corrected chi connectivity index (χ2v) is 4.80. The molecule has 3 heteroatoms. The minimum absolute atomic E-state index is 0.735. The van der Waals surface area contributed by atoms with Crippen LogP contribution in [0.25, 0.3) is 0 Å². The largest absolute Gasteiger partial charge is 0.355 e. The highest BCUT2D eigenvalue weighted by atomic mass is 79.9. The zero-order valence-electron chi connectivity index (χ0n) is 8.80. The molecule has 0 aromatic heterocycles. The van der Waals surface area contributed by atoms with E-state index in [1.807, 2.05) is 49.4 Å². The molecule has 1 nitrogen and oxygen atoms in total. The number of aryl methyl sites for hydroxylation is 1. The van der Waals surface area contributed by atoms with Gasteiger partial charge in [-0.25, -0.2) is 0 Å². The number of benzene rings is 2. The number of hydrogen-bond acceptors (Lipinski definition) is 1. The molecule has 0 aliphatic rings. The first-order chi connectivity index (χ1) is 7.66. The Hall–Kier alpha value is -0.990. The fraction of sp³-hybridized carbons (Fsp3) is 0.0769. The Kier molecular flexibility index (Phi) is 3.52. The van der Waals surface area contributed by atoms with Gasteiger partial charge in [-0.3, -0.25) is 0 Å². The van der Waals surface area contributed by atoms with Gasteiger partial charge in [-0.15, -0.1) is 0 Å². The number of para-hydroxylation sites is 1. The molecule has 0 bridgehead atoms. The van der Waals surface area contributed by atoms with Crippen molar-refractivity contribution in [2.45, 2.75) is 6.92 Å². The predicted molar refractivity (Wildman–Crippen MR) is 73.6 cm³/mol. The minimum atomic E-state index is 0.735. The molecule has 0 fully saturated rings. The van der Waals surface area contributed by atoms with Gasteiger partial charge in [-0.2, -0.15) is 0 Å². The molecule has 0 spiro atoms. The van der Waals surface area contributed by atoms with Gasteiger partial charge in [0.2, 0.25) is 0 Å². The summed E-state index contributed by atoms with van der Waals surface area (Å²) in [5.74, 6) is 0. The van der Waals surface area contributed by atoms with Gasteiger partial charge in [-0.05, 0) is 52.7 Å². The predicted octanol–water partition coefficient (Wildman–Crippen LogP) is 5.15. The molecule has 0 saturated heterocycles. The number of rotatable bonds is 2. The van der Waals surface area contributed by atoms with Crippen LogP contribution in [0.1, 0.15) is 5.56 Å². The highest BCUT2D eigenvalue weighted by molar-refractivity contribution is 9.10. The zero-order valence-corrected chi connectivity index (χ0v) is 11.1. The summed E-state index contributed by atoms with van der Waals surface area (Å²) in [5, 5.41) is 4.06. The van der Waals surface area contributed by atoms with E-state index in [0.717, 1.165) is 26.4 Å². The topological polar surface area (TPSA) is 12.0 Å². The summed E-state index contributed by atoms with van der Waals surface area (Å²) in [5.41, 5.74) is 3.15. The van der Waals surface area contributed by atoms with E-state index in [4.69, 9.17) is 11.6 Å². The molecule has 82 valence electrons. The van der Waals surface area contributed by atoms with Gasteiger partial charge >= 0.3 is 0 Å². The molecular weight excluding hydrogens is 286 g/mol. The van der Waals surface area contributed by atoms with Crippen molar-refractivity contribution in [1.29, 1.82) is 0 Å².